The van der Waals surface area contributed by atoms with Gasteiger partial charge in [0, 0.05) is 13.1 Å². The van der Waals surface area contributed by atoms with E-state index in [1.54, 1.807) is 0 Å². The highest BCUT2D eigenvalue weighted by Crippen LogP contribution is 2.30. The van der Waals surface area contributed by atoms with Gasteiger partial charge in [-0.3, -0.25) is 0 Å². The van der Waals surface area contributed by atoms with Gasteiger partial charge in [-0.05, 0) is 25.0 Å². The Morgan fingerprint density at radius 2 is 1.80 bits per heavy atom. The summed E-state index contributed by atoms with van der Waals surface area (Å²) in [6.07, 6.45) is 3.69. The standard InChI is InChI=1S/C13H19FN2O3S/c1-19-13-11(14)8-10(9-12(13)15)20(17,18)16-6-4-2-3-5-7-16/h8-9H,2-7,15H2,1H3. The van der Waals surface area contributed by atoms with Crippen molar-refractivity contribution in [3.05, 3.63) is 17.9 Å². The molecule has 2 N–H and O–H groups in total. The van der Waals surface area contributed by atoms with Crippen molar-refractivity contribution in [1.29, 1.82) is 0 Å². The second-order valence-corrected chi connectivity index (χ2v) is 6.78. The van der Waals surface area contributed by atoms with Crippen LogP contribution in [0.15, 0.2) is 17.0 Å². The monoisotopic (exact) mass is 302 g/mol. The molecule has 112 valence electrons. The molecule has 7 heteroatoms. The molecule has 0 bridgehead atoms. The van der Waals surface area contributed by atoms with Gasteiger partial charge in [0.2, 0.25) is 10.0 Å². The van der Waals surface area contributed by atoms with Crippen LogP contribution in [-0.4, -0.2) is 32.9 Å². The number of hydrogen-bond donors (Lipinski definition) is 1. The molecule has 0 aromatic heterocycles. The van der Waals surface area contributed by atoms with Crippen LogP contribution in [0.3, 0.4) is 0 Å². The van der Waals surface area contributed by atoms with E-state index in [0.717, 1.165) is 31.7 Å². The molecule has 1 aromatic rings. The fraction of sp³-hybridized carbons (Fsp3) is 0.538. The van der Waals surface area contributed by atoms with E-state index in [0.29, 0.717) is 13.1 Å². The number of nitrogens with zero attached hydrogens (tertiary/aromatic N) is 1. The van der Waals surface area contributed by atoms with Gasteiger partial charge in [0.25, 0.3) is 0 Å². The number of benzene rings is 1. The van der Waals surface area contributed by atoms with E-state index in [9.17, 15) is 12.8 Å². The van der Waals surface area contributed by atoms with Gasteiger partial charge < -0.3 is 10.5 Å². The molecular weight excluding hydrogens is 283 g/mol. The molecule has 1 saturated heterocycles. The number of nitrogen functional groups attached to an aromatic ring is 1. The third-order valence-electron chi connectivity index (χ3n) is 3.45. The van der Waals surface area contributed by atoms with Crippen LogP contribution in [0.4, 0.5) is 10.1 Å². The minimum Gasteiger partial charge on any atom is -0.492 e. The van der Waals surface area contributed by atoms with E-state index in [4.69, 9.17) is 10.5 Å². The molecule has 5 nitrogen and oxygen atoms in total. The number of halogens is 1. The molecule has 1 aromatic carbocycles. The van der Waals surface area contributed by atoms with Gasteiger partial charge in [0.1, 0.15) is 0 Å². The minimum absolute atomic E-state index is 0.0131. The SMILES string of the molecule is COc1c(N)cc(S(=O)(=O)N2CCCCCC2)cc1F. The van der Waals surface area contributed by atoms with Crippen molar-refractivity contribution >= 4 is 15.7 Å². The lowest BCUT2D eigenvalue weighted by atomic mass is 10.2. The Labute approximate surface area is 118 Å². The van der Waals surface area contributed by atoms with Crippen molar-refractivity contribution in [2.24, 2.45) is 0 Å². The molecule has 0 atom stereocenters. The van der Waals surface area contributed by atoms with Crippen LogP contribution < -0.4 is 10.5 Å². The Balaban J connectivity index is 2.38. The Bertz CT molecular complexity index is 558. The summed E-state index contributed by atoms with van der Waals surface area (Å²) in [6, 6.07) is 2.22. The molecule has 1 fully saturated rings. The molecule has 1 heterocycles. The van der Waals surface area contributed by atoms with E-state index in [2.05, 4.69) is 0 Å². The van der Waals surface area contributed by atoms with Crippen molar-refractivity contribution in [2.45, 2.75) is 30.6 Å². The maximum atomic E-state index is 13.8. The van der Waals surface area contributed by atoms with Gasteiger partial charge in [0.15, 0.2) is 11.6 Å². The summed E-state index contributed by atoms with van der Waals surface area (Å²) < 4.78 is 45.0. The van der Waals surface area contributed by atoms with Crippen molar-refractivity contribution < 1.29 is 17.5 Å². The van der Waals surface area contributed by atoms with Crippen molar-refractivity contribution in [3.63, 3.8) is 0 Å². The molecule has 2 rings (SSSR count). The number of anilines is 1. The molecule has 0 spiro atoms. The van der Waals surface area contributed by atoms with Gasteiger partial charge in [0.05, 0.1) is 17.7 Å². The number of hydrogen-bond acceptors (Lipinski definition) is 4. The third-order valence-corrected chi connectivity index (χ3v) is 5.33. The number of ether oxygens (including phenoxy) is 1. The lowest BCUT2D eigenvalue weighted by Gasteiger charge is -2.20. The average molecular weight is 302 g/mol. The smallest absolute Gasteiger partial charge is 0.243 e. The van der Waals surface area contributed by atoms with Crippen LogP contribution in [0.25, 0.3) is 0 Å². The Kier molecular flexibility index (Phi) is 4.49. The largest absolute Gasteiger partial charge is 0.492 e. The molecule has 0 unspecified atom stereocenters. The molecule has 0 radical (unpaired) electrons. The lowest BCUT2D eigenvalue weighted by molar-refractivity contribution is 0.387. The first-order chi connectivity index (χ1) is 9.46. The molecule has 20 heavy (non-hydrogen) atoms. The van der Waals surface area contributed by atoms with Crippen LogP contribution in [0.1, 0.15) is 25.7 Å². The van der Waals surface area contributed by atoms with Crippen molar-refractivity contribution in [1.82, 2.24) is 4.31 Å². The Morgan fingerprint density at radius 1 is 1.20 bits per heavy atom. The van der Waals surface area contributed by atoms with Crippen LogP contribution in [0.2, 0.25) is 0 Å². The Hall–Kier alpha value is -1.34. The van der Waals surface area contributed by atoms with E-state index >= 15 is 0 Å². The minimum atomic E-state index is -3.70. The summed E-state index contributed by atoms with van der Waals surface area (Å²) in [5.41, 5.74) is 5.63. The zero-order chi connectivity index (χ0) is 14.8. The second kappa shape index (κ2) is 5.97. The summed E-state index contributed by atoms with van der Waals surface area (Å²) in [5.74, 6) is -0.888. The van der Waals surface area contributed by atoms with Crippen LogP contribution >= 0.6 is 0 Å². The number of methoxy groups -OCH3 is 1. The van der Waals surface area contributed by atoms with Gasteiger partial charge >= 0.3 is 0 Å². The second-order valence-electron chi connectivity index (χ2n) is 4.85. The highest BCUT2D eigenvalue weighted by Gasteiger charge is 2.27. The van der Waals surface area contributed by atoms with Gasteiger partial charge in [-0.15, -0.1) is 0 Å². The highest BCUT2D eigenvalue weighted by atomic mass is 32.2. The molecule has 0 aliphatic carbocycles. The van der Waals surface area contributed by atoms with E-state index in [-0.39, 0.29) is 16.3 Å². The van der Waals surface area contributed by atoms with E-state index in [1.165, 1.54) is 17.5 Å². The van der Waals surface area contributed by atoms with E-state index in [1.807, 2.05) is 0 Å². The first-order valence-electron chi connectivity index (χ1n) is 6.60. The molecule has 1 aliphatic heterocycles. The van der Waals surface area contributed by atoms with Crippen molar-refractivity contribution in [3.8, 4) is 5.75 Å². The first-order valence-corrected chi connectivity index (χ1v) is 8.04. The van der Waals surface area contributed by atoms with Gasteiger partial charge in [-0.2, -0.15) is 4.31 Å². The number of rotatable bonds is 3. The molecule has 1 aliphatic rings. The number of sulfonamides is 1. The molecule has 0 saturated carbocycles. The van der Waals surface area contributed by atoms with Crippen LogP contribution in [0.5, 0.6) is 5.75 Å². The topological polar surface area (TPSA) is 72.6 Å². The molecule has 0 amide bonds. The Morgan fingerprint density at radius 3 is 2.30 bits per heavy atom. The number of nitrogens with two attached hydrogens (primary N) is 1. The maximum Gasteiger partial charge on any atom is 0.243 e. The fourth-order valence-corrected chi connectivity index (χ4v) is 3.95. The average Bonchev–Trinajstić information content (AvgIpc) is 2.67. The summed E-state index contributed by atoms with van der Waals surface area (Å²) in [6.45, 7) is 0.936. The van der Waals surface area contributed by atoms with Crippen LogP contribution in [-0.2, 0) is 10.0 Å². The van der Waals surface area contributed by atoms with Gasteiger partial charge in [-0.25, -0.2) is 12.8 Å². The molecular formula is C13H19FN2O3S. The summed E-state index contributed by atoms with van der Waals surface area (Å²) in [5, 5.41) is 0. The fourth-order valence-electron chi connectivity index (χ4n) is 2.38. The normalized spacial score (nSPS) is 17.7. The lowest BCUT2D eigenvalue weighted by Crippen LogP contribution is -2.32. The quantitative estimate of drug-likeness (QED) is 0.867. The first kappa shape index (κ1) is 15.1. The highest BCUT2D eigenvalue weighted by molar-refractivity contribution is 7.89. The van der Waals surface area contributed by atoms with Crippen molar-refractivity contribution in [2.75, 3.05) is 25.9 Å². The maximum absolute atomic E-state index is 13.8. The zero-order valence-electron chi connectivity index (χ0n) is 11.4. The summed E-state index contributed by atoms with van der Waals surface area (Å²) in [4.78, 5) is -0.116. The predicted molar refractivity (Wildman–Crippen MR) is 74.6 cm³/mol. The summed E-state index contributed by atoms with van der Waals surface area (Å²) >= 11 is 0. The summed E-state index contributed by atoms with van der Waals surface area (Å²) in [7, 11) is -2.41. The van der Waals surface area contributed by atoms with Crippen LogP contribution in [0, 0.1) is 5.82 Å². The zero-order valence-corrected chi connectivity index (χ0v) is 12.2. The van der Waals surface area contributed by atoms with Gasteiger partial charge in [-0.1, -0.05) is 12.8 Å². The predicted octanol–water partition coefficient (Wildman–Crippen LogP) is 1.98. The third kappa shape index (κ3) is 2.88. The van der Waals surface area contributed by atoms with E-state index < -0.39 is 15.8 Å².